The van der Waals surface area contributed by atoms with Crippen molar-refractivity contribution in [2.75, 3.05) is 263 Å². The molecule has 0 saturated heterocycles. The summed E-state index contributed by atoms with van der Waals surface area (Å²) in [6.45, 7) is 22.0. The van der Waals surface area contributed by atoms with Gasteiger partial charge in [-0.2, -0.15) is 0 Å². The van der Waals surface area contributed by atoms with Crippen LogP contribution >= 0.6 is 0 Å². The lowest BCUT2D eigenvalue weighted by Crippen LogP contribution is -2.57. The Bertz CT molecular complexity index is 3260. The monoisotopic (exact) mass is 1740 g/mol. The van der Waals surface area contributed by atoms with Crippen LogP contribution in [0, 0.1) is 16.0 Å². The number of carbonyl (C=O) groups is 10. The van der Waals surface area contributed by atoms with Gasteiger partial charge in [-0.25, -0.2) is 4.79 Å². The Balaban J connectivity index is 1.40. The van der Waals surface area contributed by atoms with Gasteiger partial charge in [0.15, 0.2) is 0 Å². The topological polar surface area (TPSA) is 483 Å². The summed E-state index contributed by atoms with van der Waals surface area (Å²) in [6.07, 6.45) is 1.89. The molecule has 3 atom stereocenters. The number of unbranched alkanes of at least 4 members (excludes halogenated alkanes) is 1. The fourth-order valence-corrected chi connectivity index (χ4v) is 10.2. The molecule has 0 spiro atoms. The molecule has 0 saturated carbocycles. The van der Waals surface area contributed by atoms with E-state index < -0.39 is 94.6 Å². The molecule has 1 heterocycles. The highest BCUT2D eigenvalue weighted by Gasteiger charge is 2.32. The normalized spacial score (nSPS) is 12.8. The number of carbonyl (C=O) groups excluding carboxylic acids is 10. The molecule has 6 N–H and O–H groups in total. The molecule has 1 aliphatic heterocycles. The molecule has 0 aliphatic carbocycles. The van der Waals surface area contributed by atoms with Gasteiger partial charge in [0, 0.05) is 74.3 Å². The van der Waals surface area contributed by atoms with Crippen LogP contribution in [0.5, 0.6) is 5.75 Å². The van der Waals surface area contributed by atoms with Crippen LogP contribution in [0.1, 0.15) is 96.0 Å². The molecule has 0 bridgehead atoms. The number of nitro benzene ring substituents is 1. The van der Waals surface area contributed by atoms with Crippen LogP contribution < -0.4 is 36.6 Å². The van der Waals surface area contributed by atoms with Gasteiger partial charge in [-0.15, -0.1) is 0 Å². The Morgan fingerprint density at radius 2 is 0.910 bits per heavy atom. The van der Waals surface area contributed by atoms with Crippen molar-refractivity contribution in [1.82, 2.24) is 31.5 Å². The van der Waals surface area contributed by atoms with Gasteiger partial charge in [-0.1, -0.05) is 19.9 Å². The number of non-ortho nitro benzene ring substituents is 1. The van der Waals surface area contributed by atoms with Crippen molar-refractivity contribution in [3.8, 4) is 5.75 Å². The summed E-state index contributed by atoms with van der Waals surface area (Å²) >= 11 is 0. The van der Waals surface area contributed by atoms with Crippen molar-refractivity contribution in [1.29, 1.82) is 0 Å². The third-order valence-corrected chi connectivity index (χ3v) is 16.4. The summed E-state index contributed by atoms with van der Waals surface area (Å²) in [6, 6.07) is 5.11. The lowest BCUT2D eigenvalue weighted by Gasteiger charge is -2.26. The summed E-state index contributed by atoms with van der Waals surface area (Å²) in [5.74, 6) is -5.83. The first-order valence-corrected chi connectivity index (χ1v) is 41.0. The maximum atomic E-state index is 14.1. The molecule has 41 nitrogen and oxygen atoms in total. The zero-order chi connectivity index (χ0) is 88.9. The van der Waals surface area contributed by atoms with E-state index in [0.717, 1.165) is 29.2 Å². The standard InChI is InChI=1S/C81H130N8O33/c1-62(2)75(87-78(97)69(86-70(90)12-10-24-88-72(92)19-20-73(88)93)11-8-9-22-82-71(91)61-119-58-57-118-56-55-117-54-53-116-52-51-115-50-49-114-46-45-111-40-39-108-34-33-105-28-27-102-7)79(98)84-63(3)76(95)85-65-14-13-64(60-120-80(99)121-67-17-15-66(16-18-67)89(100)101)68(59-65)77(96)83-23-26-104-30-32-107-36-38-110-42-44-113-48-47-112-43-41-109-37-35-106-31-29-103-25-21-74(94)122-81(4,5)6/h13-20,59,62-63,69,75H,8-12,21-58,60-61H2,1-7H3,(H,82,91)(H,83,96)(H,84,98)(H,85,95)(H,86,90)(H,87,97)/t63-,69-,75-/m0/s1. The summed E-state index contributed by atoms with van der Waals surface area (Å²) in [5.41, 5.74) is -0.561. The van der Waals surface area contributed by atoms with Crippen LogP contribution in [0.3, 0.4) is 0 Å². The SMILES string of the molecule is COCCOCCOCCOCCOCCOCCOCCOCCOCCOCC(=O)NCCCC[C@H](NC(=O)CCCN1C(=O)C=CC1=O)C(=O)N[C@H](C(=O)N[C@@H](C)C(=O)Nc1ccc(COC(=O)Oc2ccc([N+](=O)[O-])cc2)c(C(=O)NCCOCCOCCOCCOCCOCCOCCOCCOCCC(=O)OC(C)(C)C)c1)C(C)C. The Morgan fingerprint density at radius 1 is 0.467 bits per heavy atom. The first-order valence-electron chi connectivity index (χ1n) is 41.0. The van der Waals surface area contributed by atoms with Crippen LogP contribution in [-0.4, -0.2) is 351 Å². The molecule has 41 heteroatoms. The number of ether oxygens (including phenoxy) is 21. The number of nitrogens with zero attached hydrogens (tertiary/aromatic N) is 2. The van der Waals surface area contributed by atoms with Crippen molar-refractivity contribution < 1.29 is 152 Å². The van der Waals surface area contributed by atoms with E-state index in [-0.39, 0.29) is 132 Å². The van der Waals surface area contributed by atoms with Gasteiger partial charge in [0.05, 0.1) is 236 Å². The molecule has 692 valence electrons. The Hall–Kier alpha value is -8.44. The van der Waals surface area contributed by atoms with Gasteiger partial charge in [0.2, 0.25) is 29.5 Å². The maximum Gasteiger partial charge on any atom is 0.514 e. The minimum Gasteiger partial charge on any atom is -0.460 e. The number of esters is 1. The van der Waals surface area contributed by atoms with Crippen molar-refractivity contribution >= 4 is 70.8 Å². The number of imide groups is 1. The molecular weight excluding hydrogens is 1610 g/mol. The first kappa shape index (κ1) is 108. The van der Waals surface area contributed by atoms with Crippen molar-refractivity contribution in [2.45, 2.75) is 110 Å². The fourth-order valence-electron chi connectivity index (χ4n) is 10.2. The molecule has 122 heavy (non-hydrogen) atoms. The van der Waals surface area contributed by atoms with Crippen molar-refractivity contribution in [2.24, 2.45) is 5.92 Å². The smallest absolute Gasteiger partial charge is 0.460 e. The minimum atomic E-state index is -1.26. The number of benzene rings is 2. The minimum absolute atomic E-state index is 0.0107. The van der Waals surface area contributed by atoms with E-state index in [0.29, 0.717) is 191 Å². The number of rotatable bonds is 78. The van der Waals surface area contributed by atoms with Crippen LogP contribution in [0.25, 0.3) is 0 Å². The molecule has 3 rings (SSSR count). The number of hydrogen-bond donors (Lipinski definition) is 6. The lowest BCUT2D eigenvalue weighted by atomic mass is 10.0. The zero-order valence-corrected chi connectivity index (χ0v) is 71.7. The lowest BCUT2D eigenvalue weighted by molar-refractivity contribution is -0.384. The largest absolute Gasteiger partial charge is 0.514 e. The number of amides is 8. The summed E-state index contributed by atoms with van der Waals surface area (Å²) < 4.78 is 114. The van der Waals surface area contributed by atoms with E-state index >= 15 is 0 Å². The molecule has 0 aromatic heterocycles. The molecule has 1 aliphatic rings. The highest BCUT2D eigenvalue weighted by molar-refractivity contribution is 6.13. The van der Waals surface area contributed by atoms with Crippen LogP contribution in [0.4, 0.5) is 16.2 Å². The number of nitro groups is 1. The van der Waals surface area contributed by atoms with Crippen molar-refractivity contribution in [3.05, 3.63) is 75.9 Å². The van der Waals surface area contributed by atoms with Gasteiger partial charge in [0.25, 0.3) is 23.4 Å². The van der Waals surface area contributed by atoms with Gasteiger partial charge >= 0.3 is 12.1 Å². The molecule has 0 unspecified atom stereocenters. The second-order valence-electron chi connectivity index (χ2n) is 27.9. The van der Waals surface area contributed by atoms with E-state index in [1.54, 1.807) is 21.0 Å². The summed E-state index contributed by atoms with van der Waals surface area (Å²) in [5, 5.41) is 27.3. The Labute approximate surface area is 713 Å². The zero-order valence-electron chi connectivity index (χ0n) is 71.7. The Morgan fingerprint density at radius 3 is 1.35 bits per heavy atom. The Kier molecular flexibility index (Phi) is 61.7. The second kappa shape index (κ2) is 69.9. The molecule has 2 aromatic carbocycles. The van der Waals surface area contributed by atoms with Gasteiger partial charge in [0.1, 0.15) is 42.7 Å². The molecule has 0 radical (unpaired) electrons. The number of hydrogen-bond acceptors (Lipinski definition) is 33. The second-order valence-corrected chi connectivity index (χ2v) is 27.9. The average Bonchev–Trinajstić information content (AvgIpc) is 1.08. The fraction of sp³-hybridized carbons (Fsp3) is 0.704. The summed E-state index contributed by atoms with van der Waals surface area (Å²) in [4.78, 5) is 142. The third kappa shape index (κ3) is 56.4. The highest BCUT2D eigenvalue weighted by Crippen LogP contribution is 2.21. The number of methoxy groups -OCH3 is 1. The maximum absolute atomic E-state index is 14.1. The molecular formula is C81H130N8O33. The van der Waals surface area contributed by atoms with Gasteiger partial charge < -0.3 is 131 Å². The quantitative estimate of drug-likeness (QED) is 0.0138. The van der Waals surface area contributed by atoms with Crippen LogP contribution in [0.2, 0.25) is 0 Å². The van der Waals surface area contributed by atoms with Crippen LogP contribution in [-0.2, 0) is 140 Å². The van der Waals surface area contributed by atoms with Gasteiger partial charge in [-0.3, -0.25) is 58.2 Å². The highest BCUT2D eigenvalue weighted by atomic mass is 16.7. The molecule has 2 aromatic rings. The van der Waals surface area contributed by atoms with E-state index in [4.69, 9.17) is 99.5 Å². The molecule has 0 fully saturated rings. The van der Waals surface area contributed by atoms with E-state index in [9.17, 15) is 58.1 Å². The van der Waals surface area contributed by atoms with E-state index in [1.807, 2.05) is 20.8 Å². The van der Waals surface area contributed by atoms with E-state index in [2.05, 4.69) is 31.9 Å². The molecule has 8 amide bonds. The number of nitrogens with one attached hydrogen (secondary N) is 6. The average molecular weight is 1740 g/mol. The van der Waals surface area contributed by atoms with Crippen LogP contribution in [0.15, 0.2) is 54.6 Å². The number of anilines is 1. The van der Waals surface area contributed by atoms with Gasteiger partial charge in [-0.05, 0) is 83.6 Å². The first-order chi connectivity index (χ1) is 59.0. The van der Waals surface area contributed by atoms with E-state index in [1.165, 1.54) is 37.3 Å². The summed E-state index contributed by atoms with van der Waals surface area (Å²) in [7, 11) is 1.62. The predicted molar refractivity (Wildman–Crippen MR) is 436 cm³/mol. The third-order valence-electron chi connectivity index (χ3n) is 16.4. The van der Waals surface area contributed by atoms with Crippen molar-refractivity contribution in [3.63, 3.8) is 0 Å². The predicted octanol–water partition coefficient (Wildman–Crippen LogP) is 2.76.